The molecule has 3 rings (SSSR count). The molecule has 3 aromatic carbocycles. The van der Waals surface area contributed by atoms with Gasteiger partial charge in [-0.3, -0.25) is 0 Å². The molecule has 0 saturated carbocycles. The summed E-state index contributed by atoms with van der Waals surface area (Å²) >= 11 is -1.65. The van der Waals surface area contributed by atoms with E-state index in [1.807, 2.05) is 30.3 Å². The number of hydrogen-bond donors (Lipinski definition) is 0. The van der Waals surface area contributed by atoms with Crippen LogP contribution in [0.2, 0.25) is 13.1 Å². The van der Waals surface area contributed by atoms with Crippen LogP contribution >= 0.6 is 17.0 Å². The number of halogens is 2. The van der Waals surface area contributed by atoms with Gasteiger partial charge in [0.05, 0.1) is 0 Å². The average molecular weight is 457 g/mol. The zero-order valence-electron chi connectivity index (χ0n) is 15.1. The summed E-state index contributed by atoms with van der Waals surface area (Å²) in [4.78, 5) is 0. The number of fused-ring (bicyclic) bond motifs is 1. The van der Waals surface area contributed by atoms with Gasteiger partial charge in [-0.05, 0) is 0 Å². The van der Waals surface area contributed by atoms with Gasteiger partial charge in [0.1, 0.15) is 0 Å². The van der Waals surface area contributed by atoms with Crippen LogP contribution in [0.1, 0.15) is 26.3 Å². The van der Waals surface area contributed by atoms with Gasteiger partial charge >= 0.3 is 53.5 Å². The van der Waals surface area contributed by atoms with Gasteiger partial charge in [0, 0.05) is 0 Å². The van der Waals surface area contributed by atoms with E-state index in [0.717, 1.165) is 0 Å². The smallest absolute Gasteiger partial charge is 0.172 e. The second-order valence-corrected chi connectivity index (χ2v) is 29.8. The maximum atomic E-state index is 5.62. The maximum absolute atomic E-state index is 5.62. The van der Waals surface area contributed by atoms with Crippen molar-refractivity contribution in [3.8, 4) is 0 Å². The van der Waals surface area contributed by atoms with Crippen molar-refractivity contribution in [3.63, 3.8) is 0 Å². The third-order valence-corrected chi connectivity index (χ3v) is 23.2. The van der Waals surface area contributed by atoms with E-state index in [9.17, 15) is 0 Å². The minimum atomic E-state index is -1.65. The molecule has 0 aromatic heterocycles. The van der Waals surface area contributed by atoms with Gasteiger partial charge in [-0.1, -0.05) is 32.3 Å². The molecule has 0 N–H and O–H groups in total. The molecular weight excluding hydrogens is 430 g/mol. The molecule has 0 spiro atoms. The molecule has 0 nitrogen and oxygen atoms in total. The Bertz CT molecular complexity index is 714. The molecule has 130 valence electrons. The van der Waals surface area contributed by atoms with Crippen molar-refractivity contribution in [2.75, 3.05) is 0 Å². The molecule has 4 heteroatoms. The molecule has 3 aromatic rings. The van der Waals surface area contributed by atoms with Gasteiger partial charge in [0.25, 0.3) is 0 Å². The second-order valence-electron chi connectivity index (χ2n) is 6.81. The van der Waals surface area contributed by atoms with E-state index in [0.29, 0.717) is 0 Å². The van der Waals surface area contributed by atoms with Crippen molar-refractivity contribution in [2.24, 2.45) is 0 Å². The van der Waals surface area contributed by atoms with Crippen molar-refractivity contribution in [1.29, 1.82) is 0 Å². The average Bonchev–Trinajstić information content (AvgIpc) is 3.20. The van der Waals surface area contributed by atoms with E-state index in [1.165, 1.54) is 16.3 Å². The molecule has 0 atom stereocenters. The van der Waals surface area contributed by atoms with Crippen molar-refractivity contribution in [3.05, 3.63) is 72.3 Å². The predicted octanol–water partition coefficient (Wildman–Crippen LogP) is 7.43. The fourth-order valence-corrected chi connectivity index (χ4v) is 2.13. The third-order valence-electron chi connectivity index (χ3n) is 3.42. The van der Waals surface area contributed by atoms with Crippen molar-refractivity contribution >= 4 is 33.2 Å². The minimum Gasteiger partial charge on any atom is -0.214 e. The maximum Gasteiger partial charge on any atom is -0.172 e. The zero-order chi connectivity index (χ0) is 18.2. The van der Waals surface area contributed by atoms with Gasteiger partial charge < -0.3 is 0 Å². The van der Waals surface area contributed by atoms with E-state index in [4.69, 9.17) is 17.0 Å². The number of hydrogen-bond acceptors (Lipinski definition) is 0. The fourth-order valence-electron chi connectivity index (χ4n) is 2.13. The van der Waals surface area contributed by atoms with Crippen LogP contribution in [0.4, 0.5) is 0 Å². The fraction of sp³-hybridized carbons (Fsp3) is 0.300. The van der Waals surface area contributed by atoms with Gasteiger partial charge in [-0.25, -0.2) is 12.1 Å². The third kappa shape index (κ3) is 7.83. The molecular formula is C20H26Cl2SiZr-2. The van der Waals surface area contributed by atoms with E-state index >= 15 is 0 Å². The Labute approximate surface area is 161 Å². The first-order chi connectivity index (χ1) is 11.2. The first-order valence-electron chi connectivity index (χ1n) is 8.03. The molecule has 0 unspecified atom stereocenters. The van der Waals surface area contributed by atoms with Crippen LogP contribution in [0.25, 0.3) is 10.8 Å². The molecule has 0 heterocycles. The first kappa shape index (κ1) is 21.9. The van der Waals surface area contributed by atoms with Gasteiger partial charge in [-0.2, -0.15) is 18.2 Å². The van der Waals surface area contributed by atoms with Gasteiger partial charge in [-0.15, -0.1) is 46.7 Å². The van der Waals surface area contributed by atoms with Crippen LogP contribution in [0, 0.1) is 0 Å². The summed E-state index contributed by atoms with van der Waals surface area (Å²) in [5.41, 5.74) is 1.48. The van der Waals surface area contributed by atoms with Crippen LogP contribution in [0.15, 0.2) is 66.7 Å². The summed E-state index contributed by atoms with van der Waals surface area (Å²) in [5.74, 6) is 0. The van der Waals surface area contributed by atoms with Crippen molar-refractivity contribution in [2.45, 2.75) is 39.3 Å². The van der Waals surface area contributed by atoms with E-state index in [1.54, 1.807) is 0 Å². The zero-order valence-corrected chi connectivity index (χ0v) is 20.1. The number of rotatable bonds is 0. The van der Waals surface area contributed by atoms with Crippen LogP contribution in [-0.2, 0) is 23.4 Å². The minimum absolute atomic E-state index is 0.224. The molecule has 24 heavy (non-hydrogen) atoms. The molecule has 0 aliphatic heterocycles. The molecule has 0 saturated heterocycles. The summed E-state index contributed by atoms with van der Waals surface area (Å²) in [6, 6.07) is 23.0. The number of benzene rings is 1. The monoisotopic (exact) mass is 454 g/mol. The quantitative estimate of drug-likeness (QED) is 0.244. The molecule has 0 radical (unpaired) electrons. The molecule has 0 bridgehead atoms. The summed E-state index contributed by atoms with van der Waals surface area (Å²) in [5, 5.41) is 2.75. The Morgan fingerprint density at radius 2 is 1.50 bits per heavy atom. The first-order valence-corrected chi connectivity index (χ1v) is 20.5. The van der Waals surface area contributed by atoms with Crippen LogP contribution in [0.5, 0.6) is 0 Å². The van der Waals surface area contributed by atoms with Crippen LogP contribution in [0.3, 0.4) is 0 Å². The Balaban J connectivity index is 0.000000218. The Kier molecular flexibility index (Phi) is 9.82. The molecule has 0 aliphatic carbocycles. The van der Waals surface area contributed by atoms with Gasteiger partial charge in [0.2, 0.25) is 0 Å². The summed E-state index contributed by atoms with van der Waals surface area (Å²) < 4.78 is 0. The topological polar surface area (TPSA) is 0 Å². The predicted molar refractivity (Wildman–Crippen MR) is 109 cm³/mol. The second kappa shape index (κ2) is 10.8. The standard InChI is InChI=1S/C13H15.C5H5.C2H6Si.2ClH.Zr/c1-13(2,3)12-9-8-10-6-4-5-7-11(10)12;1-2-4-5-3-1;1-3-2;;;/h4-9H,1-3H3;1-5H;1-2H3;2*1H;/q2*-1;;;;+2/p-2. The summed E-state index contributed by atoms with van der Waals surface area (Å²) in [6.45, 7) is 11.1. The van der Waals surface area contributed by atoms with Gasteiger partial charge in [0.15, 0.2) is 0 Å². The molecule has 0 amide bonds. The van der Waals surface area contributed by atoms with E-state index in [2.05, 4.69) is 70.3 Å². The molecule has 0 aliphatic rings. The Hall–Kier alpha value is -0.140. The molecule has 0 fully saturated rings. The normalized spacial score (nSPS) is 10.3. The SMILES string of the molecule is CC(C)(C)c1c[cH-]c2ccccc12.C[Si](C)=[Zr]([Cl])[Cl].c1cc[cH-]c1. The Morgan fingerprint density at radius 3 is 1.92 bits per heavy atom. The van der Waals surface area contributed by atoms with Crippen LogP contribution in [-0.4, -0.2) is 5.43 Å². The van der Waals surface area contributed by atoms with Crippen molar-refractivity contribution < 1.29 is 18.0 Å². The van der Waals surface area contributed by atoms with Crippen molar-refractivity contribution in [1.82, 2.24) is 0 Å². The van der Waals surface area contributed by atoms with Crippen LogP contribution < -0.4 is 0 Å². The van der Waals surface area contributed by atoms with E-state index in [-0.39, 0.29) is 10.8 Å². The summed E-state index contributed by atoms with van der Waals surface area (Å²) in [7, 11) is 11.2. The van der Waals surface area contributed by atoms with E-state index < -0.39 is 18.0 Å². The summed E-state index contributed by atoms with van der Waals surface area (Å²) in [6.07, 6.45) is 0. The Morgan fingerprint density at radius 1 is 0.958 bits per heavy atom. The largest absolute Gasteiger partial charge is 0.214 e.